The monoisotopic (exact) mass is 391 g/mol. The van der Waals surface area contributed by atoms with Gasteiger partial charge in [-0.25, -0.2) is 8.42 Å². The van der Waals surface area contributed by atoms with E-state index in [9.17, 15) is 8.42 Å². The highest BCUT2D eigenvalue weighted by atomic mass is 32.2. The Morgan fingerprint density at radius 3 is 2.56 bits per heavy atom. The van der Waals surface area contributed by atoms with Gasteiger partial charge in [-0.15, -0.1) is 0 Å². The van der Waals surface area contributed by atoms with Gasteiger partial charge < -0.3 is 9.84 Å². The van der Waals surface area contributed by atoms with Crippen LogP contribution in [-0.2, 0) is 10.0 Å². The molecule has 2 aliphatic heterocycles. The Hall–Kier alpha value is -1.81. The number of rotatable bonds is 4. The molecule has 4 rings (SSSR count). The van der Waals surface area contributed by atoms with E-state index in [0.29, 0.717) is 29.7 Å². The fourth-order valence-electron chi connectivity index (χ4n) is 3.61. The van der Waals surface area contributed by atoms with Crippen LogP contribution < -0.4 is 5.32 Å². The first-order valence-corrected chi connectivity index (χ1v) is 10.8. The molecule has 1 unspecified atom stereocenters. The van der Waals surface area contributed by atoms with E-state index in [1.54, 1.807) is 28.6 Å². The van der Waals surface area contributed by atoms with Gasteiger partial charge in [0.05, 0.1) is 10.9 Å². The molecular weight excluding hydrogens is 366 g/mol. The molecule has 1 atom stereocenters. The third kappa shape index (κ3) is 3.77. The average Bonchev–Trinajstić information content (AvgIpc) is 3.19. The van der Waals surface area contributed by atoms with Crippen molar-refractivity contribution in [2.75, 3.05) is 39.8 Å². The lowest BCUT2D eigenvalue weighted by molar-refractivity contribution is 0.190. The SMILES string of the molecule is CN1CCNCC1c1noc(-c2ccc(S(=O)(=O)N3CCCCC3)cc2)n1. The zero-order valence-electron chi connectivity index (χ0n) is 15.5. The second-order valence-electron chi connectivity index (χ2n) is 7.15. The Morgan fingerprint density at radius 2 is 1.85 bits per heavy atom. The topological polar surface area (TPSA) is 91.6 Å². The van der Waals surface area contributed by atoms with Crippen LogP contribution in [0.25, 0.3) is 11.5 Å². The molecule has 0 spiro atoms. The van der Waals surface area contributed by atoms with Crippen molar-refractivity contribution in [3.8, 4) is 11.5 Å². The Bertz CT molecular complexity index is 875. The maximum Gasteiger partial charge on any atom is 0.257 e. The first-order valence-electron chi connectivity index (χ1n) is 9.41. The van der Waals surface area contributed by atoms with Crippen LogP contribution in [0.15, 0.2) is 33.7 Å². The first-order chi connectivity index (χ1) is 13.1. The molecule has 0 aliphatic carbocycles. The van der Waals surface area contributed by atoms with Gasteiger partial charge in [-0.3, -0.25) is 4.90 Å². The smallest absolute Gasteiger partial charge is 0.257 e. The number of nitrogens with zero attached hydrogens (tertiary/aromatic N) is 4. The van der Waals surface area contributed by atoms with Gasteiger partial charge in [0.15, 0.2) is 5.82 Å². The van der Waals surface area contributed by atoms with Crippen molar-refractivity contribution in [3.05, 3.63) is 30.1 Å². The molecule has 2 aromatic rings. The van der Waals surface area contributed by atoms with Crippen molar-refractivity contribution < 1.29 is 12.9 Å². The number of aromatic nitrogens is 2. The van der Waals surface area contributed by atoms with E-state index in [2.05, 4.69) is 20.4 Å². The van der Waals surface area contributed by atoms with Crippen LogP contribution >= 0.6 is 0 Å². The van der Waals surface area contributed by atoms with Crippen molar-refractivity contribution in [1.82, 2.24) is 24.7 Å². The average molecular weight is 391 g/mol. The van der Waals surface area contributed by atoms with Crippen LogP contribution in [0.3, 0.4) is 0 Å². The summed E-state index contributed by atoms with van der Waals surface area (Å²) in [6.45, 7) is 3.85. The normalized spacial score (nSPS) is 22.8. The van der Waals surface area contributed by atoms with Crippen LogP contribution in [0.1, 0.15) is 31.1 Å². The maximum absolute atomic E-state index is 12.7. The van der Waals surface area contributed by atoms with E-state index in [1.165, 1.54) is 0 Å². The maximum atomic E-state index is 12.7. The van der Waals surface area contributed by atoms with E-state index in [0.717, 1.165) is 44.5 Å². The zero-order chi connectivity index (χ0) is 18.9. The lowest BCUT2D eigenvalue weighted by Gasteiger charge is -2.30. The van der Waals surface area contributed by atoms with Gasteiger partial charge in [-0.2, -0.15) is 9.29 Å². The molecule has 27 heavy (non-hydrogen) atoms. The molecule has 1 aromatic heterocycles. The minimum absolute atomic E-state index is 0.0787. The van der Waals surface area contributed by atoms with Crippen LogP contribution in [-0.4, -0.2) is 67.5 Å². The summed E-state index contributed by atoms with van der Waals surface area (Å²) < 4.78 is 32.5. The molecule has 0 bridgehead atoms. The molecule has 8 nitrogen and oxygen atoms in total. The lowest BCUT2D eigenvalue weighted by Crippen LogP contribution is -2.44. The number of piperazine rings is 1. The van der Waals surface area contributed by atoms with E-state index in [1.807, 2.05) is 7.05 Å². The highest BCUT2D eigenvalue weighted by Gasteiger charge is 2.27. The fourth-order valence-corrected chi connectivity index (χ4v) is 5.12. The molecule has 3 heterocycles. The predicted octanol–water partition coefficient (Wildman–Crippen LogP) is 1.49. The molecule has 146 valence electrons. The molecule has 1 N–H and O–H groups in total. The van der Waals surface area contributed by atoms with Gasteiger partial charge in [0.2, 0.25) is 10.0 Å². The quantitative estimate of drug-likeness (QED) is 0.844. The molecule has 0 amide bonds. The Balaban J connectivity index is 1.52. The number of likely N-dealkylation sites (N-methyl/N-ethyl adjacent to an activating group) is 1. The van der Waals surface area contributed by atoms with Crippen LogP contribution in [0.2, 0.25) is 0 Å². The minimum Gasteiger partial charge on any atom is -0.334 e. The van der Waals surface area contributed by atoms with Gasteiger partial charge in [-0.05, 0) is 44.2 Å². The molecule has 0 radical (unpaired) electrons. The van der Waals surface area contributed by atoms with Gasteiger partial charge >= 0.3 is 0 Å². The molecule has 2 fully saturated rings. The second-order valence-corrected chi connectivity index (χ2v) is 9.09. The highest BCUT2D eigenvalue weighted by molar-refractivity contribution is 7.89. The van der Waals surface area contributed by atoms with Crippen LogP contribution in [0, 0.1) is 0 Å². The highest BCUT2D eigenvalue weighted by Crippen LogP contribution is 2.25. The summed E-state index contributed by atoms with van der Waals surface area (Å²) >= 11 is 0. The Labute approximate surface area is 159 Å². The van der Waals surface area contributed by atoms with Crippen molar-refractivity contribution in [1.29, 1.82) is 0 Å². The van der Waals surface area contributed by atoms with Crippen molar-refractivity contribution in [2.24, 2.45) is 0 Å². The number of piperidine rings is 1. The van der Waals surface area contributed by atoms with Crippen molar-refractivity contribution in [2.45, 2.75) is 30.2 Å². The van der Waals surface area contributed by atoms with Gasteiger partial charge in [0, 0.05) is 38.3 Å². The second kappa shape index (κ2) is 7.67. The third-order valence-corrected chi connectivity index (χ3v) is 7.22. The van der Waals surface area contributed by atoms with Crippen LogP contribution in [0.5, 0.6) is 0 Å². The number of hydrogen-bond acceptors (Lipinski definition) is 7. The minimum atomic E-state index is -3.43. The standard InChI is InChI=1S/C18H25N5O3S/c1-22-12-9-19-13-16(22)17-20-18(26-21-17)14-5-7-15(8-6-14)27(24,25)23-10-3-2-4-11-23/h5-8,16,19H,2-4,9-13H2,1H3. The van der Waals surface area contributed by atoms with E-state index >= 15 is 0 Å². The summed E-state index contributed by atoms with van der Waals surface area (Å²) in [6.07, 6.45) is 2.94. The zero-order valence-corrected chi connectivity index (χ0v) is 16.3. The summed E-state index contributed by atoms with van der Waals surface area (Å²) in [5, 5.41) is 7.45. The van der Waals surface area contributed by atoms with Crippen LogP contribution in [0.4, 0.5) is 0 Å². The van der Waals surface area contributed by atoms with Crippen molar-refractivity contribution >= 4 is 10.0 Å². The molecule has 2 aliphatic rings. The predicted molar refractivity (Wildman–Crippen MR) is 101 cm³/mol. The van der Waals surface area contributed by atoms with Gasteiger partial charge in [0.1, 0.15) is 0 Å². The Morgan fingerprint density at radius 1 is 1.11 bits per heavy atom. The number of benzene rings is 1. The van der Waals surface area contributed by atoms with Gasteiger partial charge in [0.25, 0.3) is 5.89 Å². The number of nitrogens with one attached hydrogen (secondary N) is 1. The summed E-state index contributed by atoms with van der Waals surface area (Å²) in [4.78, 5) is 7.02. The summed E-state index contributed by atoms with van der Waals surface area (Å²) in [6, 6.07) is 6.79. The van der Waals surface area contributed by atoms with Crippen molar-refractivity contribution in [3.63, 3.8) is 0 Å². The number of sulfonamides is 1. The molecular formula is C18H25N5O3S. The largest absolute Gasteiger partial charge is 0.334 e. The first kappa shape index (κ1) is 18.5. The molecule has 1 aromatic carbocycles. The molecule has 0 saturated carbocycles. The third-order valence-electron chi connectivity index (χ3n) is 5.30. The lowest BCUT2D eigenvalue weighted by atomic mass is 10.2. The fraction of sp³-hybridized carbons (Fsp3) is 0.556. The summed E-state index contributed by atoms with van der Waals surface area (Å²) in [5.74, 6) is 1.05. The molecule has 9 heteroatoms. The Kier molecular flexibility index (Phi) is 5.27. The van der Waals surface area contributed by atoms with E-state index < -0.39 is 10.0 Å². The summed E-state index contributed by atoms with van der Waals surface area (Å²) in [5.41, 5.74) is 0.720. The van der Waals surface area contributed by atoms with Gasteiger partial charge in [-0.1, -0.05) is 11.6 Å². The molecule has 2 saturated heterocycles. The number of hydrogen-bond donors (Lipinski definition) is 1. The van der Waals surface area contributed by atoms with E-state index in [4.69, 9.17) is 4.52 Å². The van der Waals surface area contributed by atoms with E-state index in [-0.39, 0.29) is 6.04 Å². The summed E-state index contributed by atoms with van der Waals surface area (Å²) in [7, 11) is -1.38.